The van der Waals surface area contributed by atoms with Gasteiger partial charge in [0.15, 0.2) is 0 Å². The maximum absolute atomic E-state index is 11.0. The summed E-state index contributed by atoms with van der Waals surface area (Å²) < 4.78 is 5.37. The molecule has 2 heterocycles. The molecule has 0 bridgehead atoms. The number of nitrogens with one attached hydrogen (secondary N) is 1. The summed E-state index contributed by atoms with van der Waals surface area (Å²) in [6.07, 6.45) is 3.41. The van der Waals surface area contributed by atoms with Crippen molar-refractivity contribution in [3.05, 3.63) is 47.7 Å². The quantitative estimate of drug-likeness (QED) is 0.888. The van der Waals surface area contributed by atoms with Crippen LogP contribution in [0.1, 0.15) is 17.5 Å². The SMILES string of the molecule is OC1(CNc2ccnc(N3CCOCC3)n2)CCc2ccccc21. The van der Waals surface area contributed by atoms with E-state index in [0.717, 1.165) is 37.3 Å². The number of benzene rings is 1. The normalized spacial score (nSPS) is 23.1. The van der Waals surface area contributed by atoms with Gasteiger partial charge in [0.2, 0.25) is 5.95 Å². The highest BCUT2D eigenvalue weighted by Crippen LogP contribution is 2.36. The molecule has 0 amide bonds. The lowest BCUT2D eigenvalue weighted by Gasteiger charge is -2.27. The van der Waals surface area contributed by atoms with Crippen molar-refractivity contribution in [3.63, 3.8) is 0 Å². The van der Waals surface area contributed by atoms with Crippen LogP contribution >= 0.6 is 0 Å². The highest BCUT2D eigenvalue weighted by Gasteiger charge is 2.36. The van der Waals surface area contributed by atoms with Gasteiger partial charge in [-0.05, 0) is 30.0 Å². The molecule has 4 rings (SSSR count). The number of aromatic nitrogens is 2. The molecule has 1 aliphatic heterocycles. The molecule has 1 saturated heterocycles. The molecule has 1 atom stereocenters. The second-order valence-corrected chi connectivity index (χ2v) is 6.38. The van der Waals surface area contributed by atoms with Gasteiger partial charge in [-0.25, -0.2) is 4.98 Å². The largest absolute Gasteiger partial charge is 0.383 e. The smallest absolute Gasteiger partial charge is 0.227 e. The number of aliphatic hydroxyl groups is 1. The van der Waals surface area contributed by atoms with Crippen molar-refractivity contribution >= 4 is 11.8 Å². The monoisotopic (exact) mass is 326 g/mol. The summed E-state index contributed by atoms with van der Waals surface area (Å²) in [5, 5.41) is 14.3. The predicted octanol–water partition coefficient (Wildman–Crippen LogP) is 1.56. The van der Waals surface area contributed by atoms with Gasteiger partial charge in [-0.3, -0.25) is 0 Å². The topological polar surface area (TPSA) is 70.5 Å². The molecule has 1 aromatic carbocycles. The van der Waals surface area contributed by atoms with Crippen molar-refractivity contribution in [3.8, 4) is 0 Å². The first-order valence-corrected chi connectivity index (χ1v) is 8.45. The summed E-state index contributed by atoms with van der Waals surface area (Å²) in [7, 11) is 0. The van der Waals surface area contributed by atoms with Crippen LogP contribution in [0.3, 0.4) is 0 Å². The van der Waals surface area contributed by atoms with Crippen molar-refractivity contribution in [1.29, 1.82) is 0 Å². The summed E-state index contributed by atoms with van der Waals surface area (Å²) in [5.41, 5.74) is 1.43. The van der Waals surface area contributed by atoms with Crippen LogP contribution in [0.5, 0.6) is 0 Å². The molecule has 126 valence electrons. The van der Waals surface area contributed by atoms with E-state index >= 15 is 0 Å². The first kappa shape index (κ1) is 15.4. The Hall–Kier alpha value is -2.18. The first-order valence-electron chi connectivity index (χ1n) is 8.45. The lowest BCUT2D eigenvalue weighted by atomic mass is 9.96. The summed E-state index contributed by atoms with van der Waals surface area (Å²) >= 11 is 0. The van der Waals surface area contributed by atoms with Crippen LogP contribution in [0.2, 0.25) is 0 Å². The van der Waals surface area contributed by atoms with E-state index in [-0.39, 0.29) is 0 Å². The van der Waals surface area contributed by atoms with Gasteiger partial charge in [0.1, 0.15) is 11.4 Å². The number of ether oxygens (including phenoxy) is 1. The zero-order valence-electron chi connectivity index (χ0n) is 13.6. The second-order valence-electron chi connectivity index (χ2n) is 6.38. The standard InChI is InChI=1S/C18H22N4O2/c23-18(7-5-14-3-1-2-4-15(14)18)13-20-16-6-8-19-17(21-16)22-9-11-24-12-10-22/h1-4,6,8,23H,5,7,9-13H2,(H,19,20,21). The van der Waals surface area contributed by atoms with Crippen molar-refractivity contribution in [2.24, 2.45) is 0 Å². The number of aryl methyl sites for hydroxylation is 1. The maximum atomic E-state index is 11.0. The molecule has 6 heteroatoms. The minimum absolute atomic E-state index is 0.448. The van der Waals surface area contributed by atoms with Crippen LogP contribution in [-0.2, 0) is 16.8 Å². The number of rotatable bonds is 4. The molecular weight excluding hydrogens is 304 g/mol. The molecule has 1 unspecified atom stereocenters. The van der Waals surface area contributed by atoms with Crippen molar-refractivity contribution in [1.82, 2.24) is 9.97 Å². The molecule has 24 heavy (non-hydrogen) atoms. The first-order chi connectivity index (χ1) is 11.7. The second kappa shape index (κ2) is 6.37. The Kier molecular flexibility index (Phi) is 4.08. The van der Waals surface area contributed by atoms with Crippen LogP contribution in [0.15, 0.2) is 36.5 Å². The maximum Gasteiger partial charge on any atom is 0.227 e. The van der Waals surface area contributed by atoms with E-state index in [9.17, 15) is 5.11 Å². The number of nitrogens with zero attached hydrogens (tertiary/aromatic N) is 3. The molecule has 0 saturated carbocycles. The number of hydrogen-bond acceptors (Lipinski definition) is 6. The average Bonchev–Trinajstić information content (AvgIpc) is 2.99. The van der Waals surface area contributed by atoms with Gasteiger partial charge in [0.25, 0.3) is 0 Å². The van der Waals surface area contributed by atoms with Crippen LogP contribution in [0.4, 0.5) is 11.8 Å². The van der Waals surface area contributed by atoms with Crippen molar-refractivity contribution < 1.29 is 9.84 Å². The number of anilines is 2. The number of fused-ring (bicyclic) bond motifs is 1. The van der Waals surface area contributed by atoms with E-state index in [4.69, 9.17) is 4.74 Å². The molecule has 2 aromatic rings. The van der Waals surface area contributed by atoms with Crippen LogP contribution < -0.4 is 10.2 Å². The fourth-order valence-corrected chi connectivity index (χ4v) is 3.45. The Morgan fingerprint density at radius 1 is 1.21 bits per heavy atom. The highest BCUT2D eigenvalue weighted by atomic mass is 16.5. The Balaban J connectivity index is 1.46. The minimum Gasteiger partial charge on any atom is -0.383 e. The number of morpholine rings is 1. The van der Waals surface area contributed by atoms with Gasteiger partial charge in [0, 0.05) is 25.8 Å². The molecule has 1 aliphatic carbocycles. The molecule has 0 spiro atoms. The Morgan fingerprint density at radius 2 is 2.04 bits per heavy atom. The third-order valence-corrected chi connectivity index (χ3v) is 4.83. The average molecular weight is 326 g/mol. The van der Waals surface area contributed by atoms with Crippen LogP contribution in [0.25, 0.3) is 0 Å². The lowest BCUT2D eigenvalue weighted by Crippen LogP contribution is -2.37. The fourth-order valence-electron chi connectivity index (χ4n) is 3.45. The molecule has 1 fully saturated rings. The van der Waals surface area contributed by atoms with Crippen LogP contribution in [0, 0.1) is 0 Å². The zero-order valence-corrected chi connectivity index (χ0v) is 13.6. The highest BCUT2D eigenvalue weighted by molar-refractivity contribution is 5.44. The number of hydrogen-bond donors (Lipinski definition) is 2. The summed E-state index contributed by atoms with van der Waals surface area (Å²) in [4.78, 5) is 11.1. The van der Waals surface area contributed by atoms with Gasteiger partial charge >= 0.3 is 0 Å². The molecule has 2 N–H and O–H groups in total. The van der Waals surface area contributed by atoms with Crippen molar-refractivity contribution in [2.45, 2.75) is 18.4 Å². The van der Waals surface area contributed by atoms with E-state index in [2.05, 4.69) is 26.3 Å². The molecule has 2 aliphatic rings. The lowest BCUT2D eigenvalue weighted by molar-refractivity contribution is 0.0526. The zero-order chi connectivity index (χ0) is 16.4. The summed E-state index contributed by atoms with van der Waals surface area (Å²) in [5.74, 6) is 1.45. The molecule has 0 radical (unpaired) electrons. The summed E-state index contributed by atoms with van der Waals surface area (Å²) in [6, 6.07) is 9.96. The van der Waals surface area contributed by atoms with Gasteiger partial charge in [-0.15, -0.1) is 0 Å². The van der Waals surface area contributed by atoms with E-state index in [1.807, 2.05) is 24.3 Å². The van der Waals surface area contributed by atoms with Gasteiger partial charge in [0.05, 0.1) is 13.2 Å². The predicted molar refractivity (Wildman–Crippen MR) is 92.2 cm³/mol. The third-order valence-electron chi connectivity index (χ3n) is 4.83. The van der Waals surface area contributed by atoms with Gasteiger partial charge in [-0.1, -0.05) is 24.3 Å². The van der Waals surface area contributed by atoms with Crippen LogP contribution in [-0.4, -0.2) is 47.9 Å². The van der Waals surface area contributed by atoms with E-state index < -0.39 is 5.60 Å². The van der Waals surface area contributed by atoms with Crippen molar-refractivity contribution in [2.75, 3.05) is 43.1 Å². The Morgan fingerprint density at radius 3 is 2.92 bits per heavy atom. The van der Waals surface area contributed by atoms with Gasteiger partial charge in [-0.2, -0.15) is 4.98 Å². The third kappa shape index (κ3) is 2.95. The fraction of sp³-hybridized carbons (Fsp3) is 0.444. The van der Waals surface area contributed by atoms with E-state index in [1.54, 1.807) is 6.20 Å². The molecular formula is C18H22N4O2. The minimum atomic E-state index is -0.833. The summed E-state index contributed by atoms with van der Waals surface area (Å²) in [6.45, 7) is 3.47. The Labute approximate surface area is 141 Å². The Bertz CT molecular complexity index is 718. The van der Waals surface area contributed by atoms with Gasteiger partial charge < -0.3 is 20.1 Å². The van der Waals surface area contributed by atoms with E-state index in [1.165, 1.54) is 5.56 Å². The molecule has 6 nitrogen and oxygen atoms in total. The molecule has 1 aromatic heterocycles. The van der Waals surface area contributed by atoms with E-state index in [0.29, 0.717) is 25.7 Å².